The first-order valence-corrected chi connectivity index (χ1v) is 15.5. The third-order valence-corrected chi connectivity index (χ3v) is 7.68. The molecule has 0 spiro atoms. The molecule has 1 N–H and O–H groups in total. The Labute approximate surface area is 243 Å². The summed E-state index contributed by atoms with van der Waals surface area (Å²) in [6, 6.07) is 24.9. The molecule has 1 atom stereocenters. The lowest BCUT2D eigenvalue weighted by Gasteiger charge is -2.34. The molecule has 0 saturated heterocycles. The minimum Gasteiger partial charge on any atom is -0.350 e. The fourth-order valence-electron chi connectivity index (χ4n) is 4.40. The highest BCUT2D eigenvalue weighted by Gasteiger charge is 2.32. The molecule has 0 aromatic heterocycles. The lowest BCUT2D eigenvalue weighted by molar-refractivity contribution is -0.142. The van der Waals surface area contributed by atoms with Gasteiger partial charge >= 0.3 is 0 Å². The van der Waals surface area contributed by atoms with Crippen LogP contribution in [0.5, 0.6) is 0 Å². The van der Waals surface area contributed by atoms with E-state index in [1.807, 2.05) is 81.4 Å². The van der Waals surface area contributed by atoms with Crippen molar-refractivity contribution < 1.29 is 18.0 Å². The van der Waals surface area contributed by atoms with Crippen molar-refractivity contribution in [2.75, 3.05) is 17.1 Å². The summed E-state index contributed by atoms with van der Waals surface area (Å²) in [5.41, 5.74) is 1.83. The second-order valence-corrected chi connectivity index (χ2v) is 13.2. The lowest BCUT2D eigenvalue weighted by atomic mass is 10.00. The zero-order chi connectivity index (χ0) is 29.3. The molecule has 2 amide bonds. The van der Waals surface area contributed by atoms with Crippen molar-refractivity contribution in [3.05, 3.63) is 101 Å². The SMILES string of the molecule is CC(C)(C)NC(=O)[C@H](Cc1ccccc1)N(Cc1ccccc1)C(=O)CCCN(c1ccc(Cl)cc1)S(C)(=O)=O. The molecule has 40 heavy (non-hydrogen) atoms. The van der Waals surface area contributed by atoms with E-state index >= 15 is 0 Å². The number of hydrogen-bond donors (Lipinski definition) is 1. The van der Waals surface area contributed by atoms with Crippen LogP contribution in [-0.4, -0.2) is 49.5 Å². The van der Waals surface area contributed by atoms with Crippen LogP contribution < -0.4 is 9.62 Å². The van der Waals surface area contributed by atoms with E-state index in [0.29, 0.717) is 17.1 Å². The average Bonchev–Trinajstić information content (AvgIpc) is 2.89. The van der Waals surface area contributed by atoms with Gasteiger partial charge in [0.1, 0.15) is 6.04 Å². The van der Waals surface area contributed by atoms with Crippen molar-refractivity contribution in [2.24, 2.45) is 0 Å². The molecular weight excluding hydrogens is 546 g/mol. The van der Waals surface area contributed by atoms with E-state index in [0.717, 1.165) is 17.4 Å². The van der Waals surface area contributed by atoms with Gasteiger partial charge in [-0.05, 0) is 62.6 Å². The van der Waals surface area contributed by atoms with E-state index in [-0.39, 0.29) is 37.7 Å². The third-order valence-electron chi connectivity index (χ3n) is 6.23. The summed E-state index contributed by atoms with van der Waals surface area (Å²) < 4.78 is 26.4. The number of carbonyl (C=O) groups is 2. The van der Waals surface area contributed by atoms with Crippen LogP contribution in [0.15, 0.2) is 84.9 Å². The number of nitrogens with zero attached hydrogens (tertiary/aromatic N) is 2. The van der Waals surface area contributed by atoms with Gasteiger partial charge in [-0.2, -0.15) is 0 Å². The van der Waals surface area contributed by atoms with Crippen LogP contribution in [0, 0.1) is 0 Å². The number of hydrogen-bond acceptors (Lipinski definition) is 4. The molecule has 0 aliphatic carbocycles. The molecule has 0 bridgehead atoms. The van der Waals surface area contributed by atoms with E-state index in [1.165, 1.54) is 4.31 Å². The summed E-state index contributed by atoms with van der Waals surface area (Å²) in [5, 5.41) is 3.55. The van der Waals surface area contributed by atoms with Crippen molar-refractivity contribution >= 4 is 39.1 Å². The zero-order valence-corrected chi connectivity index (χ0v) is 25.1. The first-order valence-electron chi connectivity index (χ1n) is 13.3. The number of benzene rings is 3. The molecule has 0 saturated carbocycles. The predicted octanol–water partition coefficient (Wildman–Crippen LogP) is 5.44. The Kier molecular flexibility index (Phi) is 10.8. The molecule has 3 aromatic carbocycles. The van der Waals surface area contributed by atoms with E-state index in [2.05, 4.69) is 5.32 Å². The van der Waals surface area contributed by atoms with Crippen LogP contribution in [0.4, 0.5) is 5.69 Å². The Balaban J connectivity index is 1.87. The number of amides is 2. The molecule has 0 unspecified atom stereocenters. The fraction of sp³-hybridized carbons (Fsp3) is 0.355. The number of anilines is 1. The topological polar surface area (TPSA) is 86.8 Å². The van der Waals surface area contributed by atoms with Gasteiger partial charge < -0.3 is 10.2 Å². The van der Waals surface area contributed by atoms with E-state index in [9.17, 15) is 18.0 Å². The predicted molar refractivity (Wildman–Crippen MR) is 162 cm³/mol. The largest absolute Gasteiger partial charge is 0.350 e. The van der Waals surface area contributed by atoms with Gasteiger partial charge in [-0.25, -0.2) is 8.42 Å². The Morgan fingerprint density at radius 1 is 0.875 bits per heavy atom. The Bertz CT molecular complexity index is 1360. The van der Waals surface area contributed by atoms with Gasteiger partial charge in [-0.3, -0.25) is 13.9 Å². The Morgan fingerprint density at radius 3 is 1.95 bits per heavy atom. The summed E-state index contributed by atoms with van der Waals surface area (Å²) >= 11 is 5.98. The van der Waals surface area contributed by atoms with Gasteiger partial charge in [0.25, 0.3) is 0 Å². The van der Waals surface area contributed by atoms with E-state index in [4.69, 9.17) is 11.6 Å². The van der Waals surface area contributed by atoms with Crippen molar-refractivity contribution in [2.45, 2.75) is 58.2 Å². The first-order chi connectivity index (χ1) is 18.8. The average molecular weight is 584 g/mol. The van der Waals surface area contributed by atoms with Gasteiger partial charge in [0.15, 0.2) is 0 Å². The number of nitrogens with one attached hydrogen (secondary N) is 1. The summed E-state index contributed by atoms with van der Waals surface area (Å²) in [6.45, 7) is 6.09. The summed E-state index contributed by atoms with van der Waals surface area (Å²) in [7, 11) is -3.59. The van der Waals surface area contributed by atoms with E-state index in [1.54, 1.807) is 29.2 Å². The van der Waals surface area contributed by atoms with Crippen LogP contribution in [0.25, 0.3) is 0 Å². The fourth-order valence-corrected chi connectivity index (χ4v) is 5.49. The molecule has 7 nitrogen and oxygen atoms in total. The molecule has 0 radical (unpaired) electrons. The van der Waals surface area contributed by atoms with Crippen molar-refractivity contribution in [1.82, 2.24) is 10.2 Å². The van der Waals surface area contributed by atoms with Crippen LogP contribution >= 0.6 is 11.6 Å². The summed E-state index contributed by atoms with van der Waals surface area (Å²) in [4.78, 5) is 29.1. The summed E-state index contributed by atoms with van der Waals surface area (Å²) in [6.07, 6.45) is 1.83. The number of halogens is 1. The molecule has 3 aromatic rings. The van der Waals surface area contributed by atoms with Crippen LogP contribution in [-0.2, 0) is 32.6 Å². The lowest BCUT2D eigenvalue weighted by Crippen LogP contribution is -2.54. The van der Waals surface area contributed by atoms with Gasteiger partial charge in [0.05, 0.1) is 11.9 Å². The first kappa shape index (κ1) is 31.2. The maximum absolute atomic E-state index is 13.8. The standard InChI is InChI=1S/C31H38ClN3O4S/c1-31(2,3)33-30(37)28(22-24-12-7-5-8-13-24)34(23-25-14-9-6-10-15-25)29(36)16-11-21-35(40(4,38)39)27-19-17-26(32)18-20-27/h5-10,12-15,17-20,28H,11,16,21-23H2,1-4H3,(H,33,37)/t28-/m0/s1. The van der Waals surface area contributed by atoms with Crippen LogP contribution in [0.2, 0.25) is 5.02 Å². The van der Waals surface area contributed by atoms with Gasteiger partial charge in [-0.15, -0.1) is 0 Å². The van der Waals surface area contributed by atoms with E-state index < -0.39 is 21.6 Å². The van der Waals surface area contributed by atoms with Crippen LogP contribution in [0.3, 0.4) is 0 Å². The van der Waals surface area contributed by atoms with Crippen molar-refractivity contribution in [3.8, 4) is 0 Å². The second kappa shape index (κ2) is 13.8. The Hall–Kier alpha value is -3.36. The highest BCUT2D eigenvalue weighted by molar-refractivity contribution is 7.92. The minimum atomic E-state index is -3.59. The zero-order valence-electron chi connectivity index (χ0n) is 23.5. The quantitative estimate of drug-likeness (QED) is 0.307. The van der Waals surface area contributed by atoms with Crippen molar-refractivity contribution in [1.29, 1.82) is 0 Å². The maximum Gasteiger partial charge on any atom is 0.243 e. The molecule has 0 aliphatic rings. The highest BCUT2D eigenvalue weighted by Crippen LogP contribution is 2.22. The number of carbonyl (C=O) groups excluding carboxylic acids is 2. The van der Waals surface area contributed by atoms with Gasteiger partial charge in [0.2, 0.25) is 21.8 Å². The van der Waals surface area contributed by atoms with Gasteiger partial charge in [-0.1, -0.05) is 72.3 Å². The second-order valence-electron chi connectivity index (χ2n) is 10.9. The molecule has 214 valence electrons. The van der Waals surface area contributed by atoms with Crippen molar-refractivity contribution in [3.63, 3.8) is 0 Å². The highest BCUT2D eigenvalue weighted by atomic mass is 35.5. The molecular formula is C31H38ClN3O4S. The molecule has 9 heteroatoms. The molecule has 0 aliphatic heterocycles. The van der Waals surface area contributed by atoms with Gasteiger partial charge in [0, 0.05) is 36.5 Å². The number of sulfonamides is 1. The molecule has 3 rings (SSSR count). The minimum absolute atomic E-state index is 0.0700. The summed E-state index contributed by atoms with van der Waals surface area (Å²) in [5.74, 6) is -0.460. The molecule has 0 heterocycles. The molecule has 0 fully saturated rings. The Morgan fingerprint density at radius 2 is 1.43 bits per heavy atom. The smallest absolute Gasteiger partial charge is 0.243 e. The third kappa shape index (κ3) is 9.68. The maximum atomic E-state index is 13.8. The van der Waals surface area contributed by atoms with Crippen LogP contribution in [0.1, 0.15) is 44.7 Å². The normalized spacial score (nSPS) is 12.4. The monoisotopic (exact) mass is 583 g/mol. The number of rotatable bonds is 12.